The number of hydrogen-bond donors (Lipinski definition) is 8. The van der Waals surface area contributed by atoms with E-state index >= 15 is 0 Å². The molecule has 0 radical (unpaired) electrons. The van der Waals surface area contributed by atoms with Gasteiger partial charge in [-0.1, -0.05) is 11.8 Å². The predicted molar refractivity (Wildman–Crippen MR) is 290 cm³/mol. The molecule has 11 rings (SSSR count). The van der Waals surface area contributed by atoms with E-state index in [0.717, 1.165) is 22.4 Å². The molecule has 16 bridgehead atoms. The molecule has 18 nitrogen and oxygen atoms in total. The summed E-state index contributed by atoms with van der Waals surface area (Å²) >= 11 is 0. The molecule has 18 heteroatoms. The highest BCUT2D eigenvalue weighted by Gasteiger charge is 2.28. The molecule has 0 aromatic carbocycles. The van der Waals surface area contributed by atoms with Crippen LogP contribution in [0.3, 0.4) is 0 Å². The summed E-state index contributed by atoms with van der Waals surface area (Å²) in [5, 5.41) is 42.9. The van der Waals surface area contributed by atoms with Crippen molar-refractivity contribution in [3.8, 4) is 11.8 Å². The minimum Gasteiger partial charge on any atom is -0.481 e. The Morgan fingerprint density at radius 2 is 1.04 bits per heavy atom. The molecule has 0 fully saturated rings. The molecule has 0 atom stereocenters. The minimum atomic E-state index is -0.990. The van der Waals surface area contributed by atoms with Gasteiger partial charge >= 0.3 is 23.9 Å². The largest absolute Gasteiger partial charge is 0.481 e. The third-order valence-electron chi connectivity index (χ3n) is 13.5. The second-order valence-electron chi connectivity index (χ2n) is 18.4. The number of aromatic amines is 3. The van der Waals surface area contributed by atoms with E-state index in [2.05, 4.69) is 32.1 Å². The summed E-state index contributed by atoms with van der Waals surface area (Å²) < 4.78 is 0. The maximum Gasteiger partial charge on any atom is 0.303 e. The Balaban J connectivity index is 1.17. The van der Waals surface area contributed by atoms with Crippen molar-refractivity contribution in [1.82, 2.24) is 35.1 Å². The van der Waals surface area contributed by atoms with E-state index in [1.807, 2.05) is 97.2 Å². The van der Waals surface area contributed by atoms with Gasteiger partial charge in [-0.2, -0.15) is 0 Å². The summed E-state index contributed by atoms with van der Waals surface area (Å²) in [4.78, 5) is 86.2. The van der Waals surface area contributed by atoms with Gasteiger partial charge in [-0.25, -0.2) is 24.9 Å². The fourth-order valence-corrected chi connectivity index (χ4v) is 9.78. The Kier molecular flexibility index (Phi) is 12.7. The van der Waals surface area contributed by atoms with Crippen LogP contribution in [-0.2, 0) is 32.0 Å². The van der Waals surface area contributed by atoms with Crippen LogP contribution >= 0.6 is 0 Å². The molecule has 0 unspecified atom stereocenters. The number of fused-ring (bicyclic) bond motifs is 13. The fraction of sp³-hybridized carbons (Fsp3) is 0.155. The Labute approximate surface area is 433 Å². The van der Waals surface area contributed by atoms with Crippen molar-refractivity contribution < 1.29 is 39.6 Å². The zero-order chi connectivity index (χ0) is 52.6. The first-order valence-corrected chi connectivity index (χ1v) is 24.4. The van der Waals surface area contributed by atoms with Gasteiger partial charge in [0.15, 0.2) is 0 Å². The number of allylic oxidation sites excluding steroid dienone is 10. The molecule has 8 N–H and O–H groups in total. The van der Waals surface area contributed by atoms with Crippen molar-refractivity contribution in [2.75, 3.05) is 7.05 Å². The van der Waals surface area contributed by atoms with E-state index in [1.165, 1.54) is 0 Å². The minimum absolute atomic E-state index is 0.110. The van der Waals surface area contributed by atoms with Crippen LogP contribution in [-0.4, -0.2) is 98.3 Å². The zero-order valence-electron chi connectivity index (χ0n) is 40.7. The van der Waals surface area contributed by atoms with Crippen LogP contribution in [0.1, 0.15) is 89.4 Å². The van der Waals surface area contributed by atoms with Crippen molar-refractivity contribution in [3.63, 3.8) is 0 Å². The normalized spacial score (nSPS) is 16.9. The second kappa shape index (κ2) is 20.0. The Morgan fingerprint density at radius 3 is 1.64 bits per heavy atom. The standard InChI is InChI=1S/C58H46N10O8/c1-68-29-28-59-58(68)57-51-22-20-49(66-51)37(8-26-55(73)74)47-18-14-43(64-47)34(44-15-19-48(65-44)38(9-27-56(75)76)50-21-23-52(57)67-50)5-4-33-41-12-16-45(62-41)35(6-24-53(69)70)39-10-2-31(60-39)30-32-3-11-40(61-32)36(7-25-54(71)72)46-17-13-42(33)63-46/h2-3,10-23,28-30,59-61,66H,6-9,24-27H2,1H3,(H,69,70)(H,71,72)(H,73,74)(H,75,76). The molecule has 0 spiro atoms. The van der Waals surface area contributed by atoms with E-state index in [1.54, 1.807) is 30.4 Å². The summed E-state index contributed by atoms with van der Waals surface area (Å²) in [6, 6.07) is 13.2. The van der Waals surface area contributed by atoms with Gasteiger partial charge in [0.1, 0.15) is 5.82 Å². The lowest BCUT2D eigenvalue weighted by Gasteiger charge is -2.17. The Morgan fingerprint density at radius 1 is 0.526 bits per heavy atom. The van der Waals surface area contributed by atoms with Crippen LogP contribution in [0.2, 0.25) is 0 Å². The van der Waals surface area contributed by atoms with Crippen molar-refractivity contribution in [3.05, 3.63) is 176 Å². The molecule has 76 heavy (non-hydrogen) atoms. The SMILES string of the molecule is CN1C=CNC1=C1C2=NC(=C(CCC(=O)O)C3=NC(=C(C#Cc4c5nc(c(CCC(=O)O)c6ccc(cc7ccc([nH]7)c(CCC(=O)O)c7nc4C=C7)[nH]6)C=C5)C4=NC(=C(CCC(=O)O)c5ccc1[nH]5)C=C4)C=C3)C=C2. The average molecular weight is 1010 g/mol. The number of nitrogens with one attached hydrogen (secondary N) is 4. The molecule has 0 saturated heterocycles. The number of aliphatic carboxylic acids is 4. The highest BCUT2D eigenvalue weighted by molar-refractivity contribution is 6.31. The molecule has 0 aliphatic carbocycles. The quantitative estimate of drug-likeness (QED) is 0.0535. The van der Waals surface area contributed by atoms with Gasteiger partial charge in [0.05, 0.1) is 79.4 Å². The first-order valence-electron chi connectivity index (χ1n) is 24.4. The van der Waals surface area contributed by atoms with Crippen LogP contribution in [0, 0.1) is 11.8 Å². The highest BCUT2D eigenvalue weighted by atomic mass is 16.4. The van der Waals surface area contributed by atoms with Gasteiger partial charge in [-0.05, 0) is 129 Å². The second-order valence-corrected chi connectivity index (χ2v) is 18.4. The molecule has 11 heterocycles. The molecular weight excluding hydrogens is 965 g/mol. The highest BCUT2D eigenvalue weighted by Crippen LogP contribution is 2.36. The van der Waals surface area contributed by atoms with Crippen LogP contribution in [0.25, 0.3) is 57.5 Å². The summed E-state index contributed by atoms with van der Waals surface area (Å²) in [6.45, 7) is 0. The topological polar surface area (TPSA) is 275 Å². The first-order chi connectivity index (χ1) is 36.8. The fourth-order valence-electron chi connectivity index (χ4n) is 9.78. The third kappa shape index (κ3) is 9.75. The number of aromatic nitrogens is 5. The van der Waals surface area contributed by atoms with E-state index in [0.29, 0.717) is 113 Å². The predicted octanol–water partition coefficient (Wildman–Crippen LogP) is 8.74. The number of carboxylic acid groups (broad SMARTS) is 4. The zero-order valence-corrected chi connectivity index (χ0v) is 40.7. The van der Waals surface area contributed by atoms with Gasteiger partial charge in [0.2, 0.25) is 0 Å². The van der Waals surface area contributed by atoms with Crippen molar-refractivity contribution in [2.24, 2.45) is 15.0 Å². The van der Waals surface area contributed by atoms with Crippen LogP contribution in [0.4, 0.5) is 0 Å². The molecule has 0 saturated carbocycles. The summed E-state index contributed by atoms with van der Waals surface area (Å²) in [7, 11) is 1.90. The van der Waals surface area contributed by atoms with Crippen molar-refractivity contribution in [2.45, 2.75) is 51.4 Å². The summed E-state index contributed by atoms with van der Waals surface area (Å²) in [6.07, 6.45) is 21.7. The Hall–Kier alpha value is -10.2. The Bertz CT molecular complexity index is 3840. The average Bonchev–Trinajstić information content (AvgIpc) is 4.23. The van der Waals surface area contributed by atoms with Gasteiger partial charge in [0, 0.05) is 95.2 Å². The van der Waals surface area contributed by atoms with Crippen LogP contribution < -0.4 is 5.32 Å². The molecule has 4 aromatic heterocycles. The smallest absolute Gasteiger partial charge is 0.303 e. The van der Waals surface area contributed by atoms with Crippen LogP contribution in [0.5, 0.6) is 0 Å². The number of hydrogen-bond acceptors (Lipinski definition) is 11. The van der Waals surface area contributed by atoms with E-state index in [-0.39, 0.29) is 51.4 Å². The molecule has 376 valence electrons. The van der Waals surface area contributed by atoms with E-state index < -0.39 is 23.9 Å². The summed E-state index contributed by atoms with van der Waals surface area (Å²) in [5.74, 6) is 3.62. The molecule has 0 amide bonds. The molecule has 4 aromatic rings. The van der Waals surface area contributed by atoms with Gasteiger partial charge in [-0.15, -0.1) is 0 Å². The van der Waals surface area contributed by atoms with Crippen LogP contribution in [0.15, 0.2) is 140 Å². The molecule has 7 aliphatic heterocycles. The number of H-pyrrole nitrogens is 3. The lowest BCUT2D eigenvalue weighted by Crippen LogP contribution is -2.19. The molecule has 7 aliphatic rings. The van der Waals surface area contributed by atoms with Gasteiger partial charge in [-0.3, -0.25) is 19.2 Å². The van der Waals surface area contributed by atoms with E-state index in [9.17, 15) is 39.6 Å². The lowest BCUT2D eigenvalue weighted by molar-refractivity contribution is -0.138. The number of rotatable bonds is 12. The van der Waals surface area contributed by atoms with Crippen molar-refractivity contribution >= 4 is 98.5 Å². The van der Waals surface area contributed by atoms with E-state index in [4.69, 9.17) is 24.9 Å². The summed E-state index contributed by atoms with van der Waals surface area (Å²) in [5.41, 5.74) is 13.1. The monoisotopic (exact) mass is 1010 g/mol. The number of aliphatic imine (C=N–C) groups is 3. The maximum absolute atomic E-state index is 12.2. The number of carbonyl (C=O) groups is 4. The van der Waals surface area contributed by atoms with Gasteiger partial charge in [0.25, 0.3) is 0 Å². The number of nitrogens with zero attached hydrogens (tertiary/aromatic N) is 6. The maximum atomic E-state index is 12.2. The first kappa shape index (κ1) is 48.1. The number of carboxylic acids is 4. The third-order valence-corrected chi connectivity index (χ3v) is 13.5. The lowest BCUT2D eigenvalue weighted by atomic mass is 10.0. The molecular formula is C58H46N10O8. The number of aryl methyl sites for hydroxylation is 2. The van der Waals surface area contributed by atoms with Gasteiger partial charge < -0.3 is 45.6 Å². The van der Waals surface area contributed by atoms with Crippen molar-refractivity contribution in [1.29, 1.82) is 0 Å².